The standard InChI is InChI=1S/C10H10N2O5.ClH/c11-8(10(14)15)5-9(13)6-2-1-3-7(4-6)12(16)17;/h1-4,8H,5,11H2,(H,14,15);1H. The smallest absolute Gasteiger partial charge is 0.320 e. The fraction of sp³-hybridized carbons (Fsp3) is 0.200. The van der Waals surface area contributed by atoms with E-state index in [1.54, 1.807) is 0 Å². The third-order valence-corrected chi connectivity index (χ3v) is 2.10. The predicted molar refractivity (Wildman–Crippen MR) is 64.9 cm³/mol. The quantitative estimate of drug-likeness (QED) is 0.469. The number of carbonyl (C=O) groups is 2. The average molecular weight is 275 g/mol. The molecule has 0 radical (unpaired) electrons. The number of hydrogen-bond acceptors (Lipinski definition) is 5. The van der Waals surface area contributed by atoms with Crippen molar-refractivity contribution in [2.24, 2.45) is 5.73 Å². The average Bonchev–Trinajstić information content (AvgIpc) is 2.28. The Morgan fingerprint density at radius 3 is 2.56 bits per heavy atom. The normalized spacial score (nSPS) is 11.2. The molecule has 1 rings (SSSR count). The molecule has 1 atom stereocenters. The second-order valence-corrected chi connectivity index (χ2v) is 3.38. The highest BCUT2D eigenvalue weighted by atomic mass is 35.5. The largest absolute Gasteiger partial charge is 0.480 e. The van der Waals surface area contributed by atoms with Crippen molar-refractivity contribution in [2.75, 3.05) is 0 Å². The molecular formula is C10H11ClN2O5. The lowest BCUT2D eigenvalue weighted by molar-refractivity contribution is -0.384. The van der Waals surface area contributed by atoms with E-state index in [4.69, 9.17) is 10.8 Å². The van der Waals surface area contributed by atoms with Crippen molar-refractivity contribution in [2.45, 2.75) is 12.5 Å². The number of benzene rings is 1. The summed E-state index contributed by atoms with van der Waals surface area (Å²) in [7, 11) is 0. The van der Waals surface area contributed by atoms with E-state index in [1.807, 2.05) is 0 Å². The van der Waals surface area contributed by atoms with Crippen LogP contribution in [0.3, 0.4) is 0 Å². The fourth-order valence-electron chi connectivity index (χ4n) is 1.20. The highest BCUT2D eigenvalue weighted by Gasteiger charge is 2.18. The summed E-state index contributed by atoms with van der Waals surface area (Å²) < 4.78 is 0. The van der Waals surface area contributed by atoms with Gasteiger partial charge < -0.3 is 10.8 Å². The number of nitro groups is 1. The zero-order chi connectivity index (χ0) is 13.0. The number of aliphatic carboxylic acids is 1. The molecule has 7 nitrogen and oxygen atoms in total. The van der Waals surface area contributed by atoms with Gasteiger partial charge in [0.15, 0.2) is 5.78 Å². The lowest BCUT2D eigenvalue weighted by atomic mass is 10.0. The van der Waals surface area contributed by atoms with Crippen LogP contribution in [0.5, 0.6) is 0 Å². The first kappa shape index (κ1) is 16.0. The lowest BCUT2D eigenvalue weighted by Gasteiger charge is -2.05. The SMILES string of the molecule is Cl.NC(CC(=O)c1cccc([N+](=O)[O-])c1)C(=O)O. The molecule has 0 aromatic heterocycles. The number of nitrogens with zero attached hydrogens (tertiary/aromatic N) is 1. The topological polar surface area (TPSA) is 124 Å². The number of carbonyl (C=O) groups excluding carboxylic acids is 1. The summed E-state index contributed by atoms with van der Waals surface area (Å²) in [6.45, 7) is 0. The summed E-state index contributed by atoms with van der Waals surface area (Å²) in [6.07, 6.45) is -0.392. The first-order valence-corrected chi connectivity index (χ1v) is 4.68. The number of rotatable bonds is 5. The predicted octanol–water partition coefficient (Wildman–Crippen LogP) is 1.00. The molecule has 18 heavy (non-hydrogen) atoms. The summed E-state index contributed by atoms with van der Waals surface area (Å²) in [5, 5.41) is 19.0. The minimum atomic E-state index is -1.30. The molecule has 0 bridgehead atoms. The lowest BCUT2D eigenvalue weighted by Crippen LogP contribution is -2.32. The number of carboxylic acids is 1. The number of ketones is 1. The van der Waals surface area contributed by atoms with Gasteiger partial charge in [-0.25, -0.2) is 0 Å². The van der Waals surface area contributed by atoms with Gasteiger partial charge in [0, 0.05) is 24.1 Å². The number of hydrogen-bond donors (Lipinski definition) is 2. The van der Waals surface area contributed by atoms with E-state index in [9.17, 15) is 19.7 Å². The van der Waals surface area contributed by atoms with Gasteiger partial charge in [-0.15, -0.1) is 12.4 Å². The molecule has 1 unspecified atom stereocenters. The number of carboxylic acid groups (broad SMARTS) is 1. The van der Waals surface area contributed by atoms with Gasteiger partial charge in [0.1, 0.15) is 6.04 Å². The molecule has 0 aliphatic heterocycles. The van der Waals surface area contributed by atoms with Crippen LogP contribution >= 0.6 is 12.4 Å². The molecule has 0 amide bonds. The van der Waals surface area contributed by atoms with Gasteiger partial charge in [0.2, 0.25) is 0 Å². The molecule has 0 aliphatic rings. The molecule has 8 heteroatoms. The van der Waals surface area contributed by atoms with Crippen molar-refractivity contribution in [1.82, 2.24) is 0 Å². The van der Waals surface area contributed by atoms with E-state index in [0.717, 1.165) is 6.07 Å². The van der Waals surface area contributed by atoms with E-state index in [-0.39, 0.29) is 23.7 Å². The van der Waals surface area contributed by atoms with Crippen LogP contribution in [0.2, 0.25) is 0 Å². The fourth-order valence-corrected chi connectivity index (χ4v) is 1.20. The van der Waals surface area contributed by atoms with Crippen molar-refractivity contribution in [3.63, 3.8) is 0 Å². The minimum absolute atomic E-state index is 0. The molecule has 0 saturated heterocycles. The van der Waals surface area contributed by atoms with E-state index < -0.39 is 29.1 Å². The first-order valence-electron chi connectivity index (χ1n) is 4.68. The zero-order valence-electron chi connectivity index (χ0n) is 9.11. The maximum atomic E-state index is 11.6. The van der Waals surface area contributed by atoms with Gasteiger partial charge in [-0.1, -0.05) is 12.1 Å². The molecule has 3 N–H and O–H groups in total. The van der Waals surface area contributed by atoms with Crippen LogP contribution in [0.1, 0.15) is 16.8 Å². The number of nitrogens with two attached hydrogens (primary N) is 1. The Hall–Kier alpha value is -1.99. The maximum absolute atomic E-state index is 11.6. The van der Waals surface area contributed by atoms with Crippen LogP contribution in [0.15, 0.2) is 24.3 Å². The number of non-ortho nitro benzene ring substituents is 1. The Morgan fingerprint density at radius 1 is 1.44 bits per heavy atom. The van der Waals surface area contributed by atoms with Crippen LogP contribution in [0.25, 0.3) is 0 Å². The second-order valence-electron chi connectivity index (χ2n) is 3.38. The Balaban J connectivity index is 0.00000289. The molecule has 0 saturated carbocycles. The Bertz CT molecular complexity index is 477. The summed E-state index contributed by atoms with van der Waals surface area (Å²) in [5.41, 5.74) is 5.06. The maximum Gasteiger partial charge on any atom is 0.320 e. The molecule has 1 aromatic carbocycles. The molecule has 0 heterocycles. The third kappa shape index (κ3) is 4.11. The molecule has 98 valence electrons. The van der Waals surface area contributed by atoms with Crippen molar-refractivity contribution in [1.29, 1.82) is 0 Å². The van der Waals surface area contributed by atoms with Crippen LogP contribution in [-0.2, 0) is 4.79 Å². The van der Waals surface area contributed by atoms with Crippen LogP contribution in [-0.4, -0.2) is 27.8 Å². The van der Waals surface area contributed by atoms with Crippen molar-refractivity contribution in [3.05, 3.63) is 39.9 Å². The van der Waals surface area contributed by atoms with Gasteiger partial charge >= 0.3 is 5.97 Å². The minimum Gasteiger partial charge on any atom is -0.480 e. The molecule has 0 fully saturated rings. The summed E-state index contributed by atoms with van der Waals surface area (Å²) in [6, 6.07) is 3.77. The molecule has 1 aromatic rings. The zero-order valence-corrected chi connectivity index (χ0v) is 9.92. The van der Waals surface area contributed by atoms with Crippen molar-refractivity contribution < 1.29 is 19.6 Å². The van der Waals surface area contributed by atoms with Crippen molar-refractivity contribution >= 4 is 29.8 Å². The summed E-state index contributed by atoms with van der Waals surface area (Å²) in [5.74, 6) is -1.83. The van der Waals surface area contributed by atoms with Crippen LogP contribution < -0.4 is 5.73 Å². The van der Waals surface area contributed by atoms with Gasteiger partial charge in [0.05, 0.1) is 4.92 Å². The highest BCUT2D eigenvalue weighted by molar-refractivity contribution is 5.99. The van der Waals surface area contributed by atoms with Gasteiger partial charge in [-0.2, -0.15) is 0 Å². The Labute approximate surface area is 108 Å². The first-order chi connectivity index (χ1) is 7.91. The number of Topliss-reactive ketones (excluding diaryl/α,β-unsaturated/α-hetero) is 1. The second kappa shape index (κ2) is 6.67. The van der Waals surface area contributed by atoms with E-state index in [1.165, 1.54) is 18.2 Å². The number of nitro benzene ring substituents is 1. The molecular weight excluding hydrogens is 264 g/mol. The Morgan fingerprint density at radius 2 is 2.06 bits per heavy atom. The molecule has 0 spiro atoms. The highest BCUT2D eigenvalue weighted by Crippen LogP contribution is 2.14. The third-order valence-electron chi connectivity index (χ3n) is 2.10. The van der Waals surface area contributed by atoms with Gasteiger partial charge in [0.25, 0.3) is 5.69 Å². The molecule has 0 aliphatic carbocycles. The van der Waals surface area contributed by atoms with Crippen LogP contribution in [0.4, 0.5) is 5.69 Å². The van der Waals surface area contributed by atoms with E-state index in [0.29, 0.717) is 0 Å². The monoisotopic (exact) mass is 274 g/mol. The van der Waals surface area contributed by atoms with E-state index >= 15 is 0 Å². The summed E-state index contributed by atoms with van der Waals surface area (Å²) >= 11 is 0. The van der Waals surface area contributed by atoms with Gasteiger partial charge in [-0.3, -0.25) is 19.7 Å². The number of halogens is 1. The Kier molecular flexibility index (Phi) is 5.94. The van der Waals surface area contributed by atoms with E-state index in [2.05, 4.69) is 0 Å². The van der Waals surface area contributed by atoms with Crippen LogP contribution in [0, 0.1) is 10.1 Å². The van der Waals surface area contributed by atoms with Crippen molar-refractivity contribution in [3.8, 4) is 0 Å². The van der Waals surface area contributed by atoms with Gasteiger partial charge in [-0.05, 0) is 0 Å². The summed E-state index contributed by atoms with van der Waals surface area (Å²) in [4.78, 5) is 31.9.